The van der Waals surface area contributed by atoms with Crippen molar-refractivity contribution in [3.05, 3.63) is 17.5 Å². The van der Waals surface area contributed by atoms with Crippen LogP contribution in [0.1, 0.15) is 45.1 Å². The molecule has 4 nitrogen and oxygen atoms in total. The quantitative estimate of drug-likeness (QED) is 0.756. The topological polar surface area (TPSA) is 41.3 Å². The van der Waals surface area contributed by atoms with Crippen molar-refractivity contribution in [2.24, 2.45) is 0 Å². The third-order valence-corrected chi connectivity index (χ3v) is 3.13. The Morgan fingerprint density at radius 1 is 1.35 bits per heavy atom. The maximum Gasteiger partial charge on any atom is 0.151 e. The van der Waals surface area contributed by atoms with Crippen molar-refractivity contribution >= 4 is 0 Å². The fourth-order valence-electron chi connectivity index (χ4n) is 2.05. The van der Waals surface area contributed by atoms with Gasteiger partial charge in [0, 0.05) is 18.7 Å². The van der Waals surface area contributed by atoms with Gasteiger partial charge in [0.2, 0.25) is 0 Å². The third-order valence-electron chi connectivity index (χ3n) is 3.13. The number of hydrogen-bond donors (Lipinski definition) is 1. The van der Waals surface area contributed by atoms with Crippen LogP contribution >= 0.6 is 0 Å². The molecule has 0 bridgehead atoms. The molecule has 0 amide bonds. The summed E-state index contributed by atoms with van der Waals surface area (Å²) in [5.41, 5.74) is 0.986. The average Bonchev–Trinajstić information content (AvgIpc) is 2.75. The minimum atomic E-state index is 0.623. The van der Waals surface area contributed by atoms with Gasteiger partial charge in [-0.1, -0.05) is 25.9 Å². The number of hydrogen-bond acceptors (Lipinski definition) is 4. The highest BCUT2D eigenvalue weighted by Gasteiger charge is 2.13. The lowest BCUT2D eigenvalue weighted by atomic mass is 10.1. The van der Waals surface area contributed by atoms with Gasteiger partial charge in [0.15, 0.2) is 5.76 Å². The van der Waals surface area contributed by atoms with E-state index in [4.69, 9.17) is 4.52 Å². The first-order valence-electron chi connectivity index (χ1n) is 6.56. The maximum atomic E-state index is 5.34. The SMILES string of the molecule is CCNCc1cc(CN(C)C(CC)CC)on1. The largest absolute Gasteiger partial charge is 0.360 e. The Balaban J connectivity index is 2.47. The Kier molecular flexibility index (Phi) is 6.22. The predicted molar refractivity (Wildman–Crippen MR) is 69.7 cm³/mol. The first-order valence-corrected chi connectivity index (χ1v) is 6.56. The predicted octanol–water partition coefficient (Wildman–Crippen LogP) is 2.40. The minimum absolute atomic E-state index is 0.623. The van der Waals surface area contributed by atoms with Crippen LogP contribution < -0.4 is 5.32 Å². The van der Waals surface area contributed by atoms with E-state index in [0.717, 1.165) is 31.1 Å². The Morgan fingerprint density at radius 3 is 2.65 bits per heavy atom. The summed E-state index contributed by atoms with van der Waals surface area (Å²) in [4.78, 5) is 2.33. The third kappa shape index (κ3) is 4.48. The molecule has 0 aliphatic heterocycles. The van der Waals surface area contributed by atoms with Crippen molar-refractivity contribution < 1.29 is 4.52 Å². The van der Waals surface area contributed by atoms with Crippen LogP contribution in [0.4, 0.5) is 0 Å². The maximum absolute atomic E-state index is 5.34. The molecule has 0 aliphatic rings. The number of nitrogens with one attached hydrogen (secondary N) is 1. The van der Waals surface area contributed by atoms with Crippen molar-refractivity contribution in [1.29, 1.82) is 0 Å². The summed E-state index contributed by atoms with van der Waals surface area (Å²) < 4.78 is 5.34. The Morgan fingerprint density at radius 2 is 2.06 bits per heavy atom. The highest BCUT2D eigenvalue weighted by atomic mass is 16.5. The van der Waals surface area contributed by atoms with Gasteiger partial charge in [-0.15, -0.1) is 0 Å². The van der Waals surface area contributed by atoms with Crippen LogP contribution in [0, 0.1) is 0 Å². The molecular weight excluding hydrogens is 214 g/mol. The Labute approximate surface area is 104 Å². The zero-order chi connectivity index (χ0) is 12.7. The molecule has 0 saturated carbocycles. The van der Waals surface area contributed by atoms with Crippen LogP contribution in [0.5, 0.6) is 0 Å². The van der Waals surface area contributed by atoms with E-state index in [1.165, 1.54) is 12.8 Å². The van der Waals surface area contributed by atoms with Crippen molar-refractivity contribution in [3.63, 3.8) is 0 Å². The molecule has 4 heteroatoms. The van der Waals surface area contributed by atoms with E-state index < -0.39 is 0 Å². The van der Waals surface area contributed by atoms with E-state index in [9.17, 15) is 0 Å². The van der Waals surface area contributed by atoms with Gasteiger partial charge in [-0.25, -0.2) is 0 Å². The Bertz CT molecular complexity index is 307. The smallest absolute Gasteiger partial charge is 0.151 e. The molecule has 0 saturated heterocycles. The molecule has 1 aromatic rings. The lowest BCUT2D eigenvalue weighted by Gasteiger charge is -2.24. The molecule has 0 spiro atoms. The van der Waals surface area contributed by atoms with Gasteiger partial charge >= 0.3 is 0 Å². The highest BCUT2D eigenvalue weighted by Crippen LogP contribution is 2.12. The molecule has 0 aromatic carbocycles. The van der Waals surface area contributed by atoms with Crippen molar-refractivity contribution in [2.75, 3.05) is 13.6 Å². The van der Waals surface area contributed by atoms with E-state index in [-0.39, 0.29) is 0 Å². The molecule has 0 fully saturated rings. The molecule has 1 rings (SSSR count). The van der Waals surface area contributed by atoms with Crippen LogP contribution in [0.2, 0.25) is 0 Å². The van der Waals surface area contributed by atoms with Crippen LogP contribution in [-0.2, 0) is 13.1 Å². The summed E-state index contributed by atoms with van der Waals surface area (Å²) >= 11 is 0. The summed E-state index contributed by atoms with van der Waals surface area (Å²) in [5, 5.41) is 7.29. The zero-order valence-electron chi connectivity index (χ0n) is 11.5. The number of aromatic nitrogens is 1. The fraction of sp³-hybridized carbons (Fsp3) is 0.769. The molecule has 0 unspecified atom stereocenters. The van der Waals surface area contributed by atoms with Gasteiger partial charge in [0.05, 0.1) is 12.2 Å². The summed E-state index contributed by atoms with van der Waals surface area (Å²) in [6.07, 6.45) is 2.34. The molecule has 98 valence electrons. The summed E-state index contributed by atoms with van der Waals surface area (Å²) in [7, 11) is 2.14. The highest BCUT2D eigenvalue weighted by molar-refractivity contribution is 5.05. The first-order chi connectivity index (χ1) is 8.21. The lowest BCUT2D eigenvalue weighted by molar-refractivity contribution is 0.197. The van der Waals surface area contributed by atoms with Crippen molar-refractivity contribution in [2.45, 2.75) is 52.7 Å². The van der Waals surface area contributed by atoms with Crippen molar-refractivity contribution in [1.82, 2.24) is 15.4 Å². The summed E-state index contributed by atoms with van der Waals surface area (Å²) in [6, 6.07) is 2.67. The second kappa shape index (κ2) is 7.45. The second-order valence-electron chi connectivity index (χ2n) is 4.45. The van der Waals surface area contributed by atoms with Crippen LogP contribution in [0.25, 0.3) is 0 Å². The minimum Gasteiger partial charge on any atom is -0.360 e. The van der Waals surface area contributed by atoms with E-state index in [1.54, 1.807) is 0 Å². The van der Waals surface area contributed by atoms with Gasteiger partial charge < -0.3 is 9.84 Å². The van der Waals surface area contributed by atoms with E-state index in [1.807, 2.05) is 6.07 Å². The molecule has 0 aliphatic carbocycles. The molecule has 1 aromatic heterocycles. The lowest BCUT2D eigenvalue weighted by Crippen LogP contribution is -2.29. The molecule has 0 atom stereocenters. The van der Waals surface area contributed by atoms with Crippen LogP contribution in [-0.4, -0.2) is 29.7 Å². The number of rotatable bonds is 8. The van der Waals surface area contributed by atoms with Gasteiger partial charge in [-0.2, -0.15) is 0 Å². The summed E-state index contributed by atoms with van der Waals surface area (Å²) in [6.45, 7) is 9.11. The molecular formula is C13H25N3O. The normalized spacial score (nSPS) is 11.6. The molecule has 1 heterocycles. The summed E-state index contributed by atoms with van der Waals surface area (Å²) in [5.74, 6) is 0.951. The molecule has 17 heavy (non-hydrogen) atoms. The van der Waals surface area contributed by atoms with E-state index >= 15 is 0 Å². The van der Waals surface area contributed by atoms with Gasteiger partial charge in [0.25, 0.3) is 0 Å². The van der Waals surface area contributed by atoms with Crippen molar-refractivity contribution in [3.8, 4) is 0 Å². The Hall–Kier alpha value is -0.870. The fourth-order valence-corrected chi connectivity index (χ4v) is 2.05. The van der Waals surface area contributed by atoms with E-state index in [2.05, 4.69) is 43.2 Å². The monoisotopic (exact) mass is 239 g/mol. The zero-order valence-corrected chi connectivity index (χ0v) is 11.5. The molecule has 0 radical (unpaired) electrons. The second-order valence-corrected chi connectivity index (χ2v) is 4.45. The van der Waals surface area contributed by atoms with Crippen LogP contribution in [0.15, 0.2) is 10.6 Å². The van der Waals surface area contributed by atoms with Gasteiger partial charge in [0.1, 0.15) is 0 Å². The molecule has 1 N–H and O–H groups in total. The standard InChI is InChI=1S/C13H25N3O/c1-5-12(6-2)16(4)10-13-8-11(15-17-13)9-14-7-3/h8,12,14H,5-7,9-10H2,1-4H3. The van der Waals surface area contributed by atoms with Gasteiger partial charge in [-0.05, 0) is 26.4 Å². The van der Waals surface area contributed by atoms with E-state index in [0.29, 0.717) is 6.04 Å². The average molecular weight is 239 g/mol. The van der Waals surface area contributed by atoms with Gasteiger partial charge in [-0.3, -0.25) is 4.90 Å². The number of nitrogens with zero attached hydrogens (tertiary/aromatic N) is 2. The first kappa shape index (κ1) is 14.2. The van der Waals surface area contributed by atoms with Crippen LogP contribution in [0.3, 0.4) is 0 Å².